The fourth-order valence-electron chi connectivity index (χ4n) is 1.71. The summed E-state index contributed by atoms with van der Waals surface area (Å²) in [6, 6.07) is 7.31. The summed E-state index contributed by atoms with van der Waals surface area (Å²) in [7, 11) is 0. The van der Waals surface area contributed by atoms with Gasteiger partial charge in [0, 0.05) is 11.5 Å². The molecule has 3 aromatic rings. The topological polar surface area (TPSA) is 72.9 Å². The lowest BCUT2D eigenvalue weighted by Crippen LogP contribution is -1.96. The molecule has 6 heteroatoms. The number of ether oxygens (including phenoxy) is 2. The molecule has 0 aliphatic heterocycles. The smallest absolute Gasteiger partial charge is 0.226 e. The third-order valence-corrected chi connectivity index (χ3v) is 2.54. The van der Waals surface area contributed by atoms with Crippen LogP contribution < -0.4 is 9.47 Å². The second kappa shape index (κ2) is 4.93. The van der Waals surface area contributed by atoms with Gasteiger partial charge in [-0.05, 0) is 19.1 Å². The Kier molecular flexibility index (Phi) is 2.97. The summed E-state index contributed by atoms with van der Waals surface area (Å²) in [4.78, 5) is 8.03. The van der Waals surface area contributed by atoms with Gasteiger partial charge in [-0.1, -0.05) is 0 Å². The van der Waals surface area contributed by atoms with Gasteiger partial charge < -0.3 is 9.47 Å². The Morgan fingerprint density at radius 1 is 1.16 bits per heavy atom. The van der Waals surface area contributed by atoms with Crippen molar-refractivity contribution in [2.24, 2.45) is 0 Å². The average Bonchev–Trinajstić information content (AvgIpc) is 2.87. The van der Waals surface area contributed by atoms with Gasteiger partial charge in [0.2, 0.25) is 11.8 Å². The van der Waals surface area contributed by atoms with Gasteiger partial charge in [0.1, 0.15) is 12.1 Å². The molecule has 0 atom stereocenters. The van der Waals surface area contributed by atoms with Crippen molar-refractivity contribution in [3.63, 3.8) is 0 Å². The van der Waals surface area contributed by atoms with E-state index in [1.54, 1.807) is 12.3 Å². The zero-order valence-electron chi connectivity index (χ0n) is 10.3. The molecule has 0 bridgehead atoms. The molecule has 0 spiro atoms. The van der Waals surface area contributed by atoms with E-state index in [0.717, 1.165) is 10.9 Å². The first-order valence-corrected chi connectivity index (χ1v) is 5.91. The van der Waals surface area contributed by atoms with Crippen LogP contribution in [0.3, 0.4) is 0 Å². The molecule has 3 rings (SSSR count). The van der Waals surface area contributed by atoms with E-state index in [1.165, 1.54) is 6.33 Å². The summed E-state index contributed by atoms with van der Waals surface area (Å²) in [5.74, 6) is 1.62. The lowest BCUT2D eigenvalue weighted by atomic mass is 10.2. The number of nitrogens with one attached hydrogen (secondary N) is 1. The van der Waals surface area contributed by atoms with Crippen molar-refractivity contribution >= 4 is 10.9 Å². The first kappa shape index (κ1) is 11.5. The predicted octanol–water partition coefficient (Wildman–Crippen LogP) is 2.54. The molecule has 1 aromatic carbocycles. The molecule has 19 heavy (non-hydrogen) atoms. The van der Waals surface area contributed by atoms with Crippen molar-refractivity contribution < 1.29 is 9.47 Å². The van der Waals surface area contributed by atoms with Crippen LogP contribution in [-0.2, 0) is 0 Å². The number of benzene rings is 1. The summed E-state index contributed by atoms with van der Waals surface area (Å²) < 4.78 is 11.0. The Bertz CT molecular complexity index is 696. The molecular formula is C13H12N4O2. The minimum atomic E-state index is 0.442. The van der Waals surface area contributed by atoms with Gasteiger partial charge >= 0.3 is 0 Å². The quantitative estimate of drug-likeness (QED) is 0.776. The Balaban J connectivity index is 1.85. The normalized spacial score (nSPS) is 10.6. The lowest BCUT2D eigenvalue weighted by Gasteiger charge is -2.06. The van der Waals surface area contributed by atoms with Gasteiger partial charge in [0.15, 0.2) is 0 Å². The second-order valence-electron chi connectivity index (χ2n) is 3.85. The molecule has 0 saturated heterocycles. The molecule has 2 heterocycles. The summed E-state index contributed by atoms with van der Waals surface area (Å²) in [5, 5.41) is 7.88. The second-order valence-corrected chi connectivity index (χ2v) is 3.85. The van der Waals surface area contributed by atoms with Crippen LogP contribution in [0.1, 0.15) is 6.92 Å². The van der Waals surface area contributed by atoms with Crippen LogP contribution in [0.5, 0.6) is 17.5 Å². The number of hydrogen-bond acceptors (Lipinski definition) is 5. The van der Waals surface area contributed by atoms with Crippen molar-refractivity contribution in [3.05, 3.63) is 36.8 Å². The van der Waals surface area contributed by atoms with E-state index in [-0.39, 0.29) is 0 Å². The van der Waals surface area contributed by atoms with Gasteiger partial charge in [-0.2, -0.15) is 5.10 Å². The van der Waals surface area contributed by atoms with Crippen molar-refractivity contribution in [1.29, 1.82) is 0 Å². The summed E-state index contributed by atoms with van der Waals surface area (Å²) in [6.07, 6.45) is 3.17. The number of nitrogens with zero attached hydrogens (tertiary/aromatic N) is 3. The minimum absolute atomic E-state index is 0.442. The van der Waals surface area contributed by atoms with Crippen molar-refractivity contribution in [3.8, 4) is 17.5 Å². The van der Waals surface area contributed by atoms with E-state index in [4.69, 9.17) is 9.47 Å². The number of fused-ring (bicyclic) bond motifs is 1. The molecule has 0 saturated carbocycles. The Morgan fingerprint density at radius 2 is 2.05 bits per heavy atom. The number of aromatic nitrogens is 4. The number of aromatic amines is 1. The van der Waals surface area contributed by atoms with Crippen LogP contribution in [0, 0.1) is 0 Å². The molecule has 6 nitrogen and oxygen atoms in total. The van der Waals surface area contributed by atoms with Gasteiger partial charge in [-0.25, -0.2) is 9.97 Å². The maximum absolute atomic E-state index is 5.66. The average molecular weight is 256 g/mol. The van der Waals surface area contributed by atoms with E-state index in [0.29, 0.717) is 24.1 Å². The molecule has 0 aliphatic carbocycles. The Hall–Kier alpha value is -2.63. The predicted molar refractivity (Wildman–Crippen MR) is 69.4 cm³/mol. The first-order chi connectivity index (χ1) is 9.35. The fourth-order valence-corrected chi connectivity index (χ4v) is 1.71. The highest BCUT2D eigenvalue weighted by molar-refractivity contribution is 5.79. The van der Waals surface area contributed by atoms with Gasteiger partial charge in [-0.15, -0.1) is 0 Å². The van der Waals surface area contributed by atoms with Gasteiger partial charge in [0.25, 0.3) is 0 Å². The summed E-state index contributed by atoms with van der Waals surface area (Å²) >= 11 is 0. The molecule has 0 fully saturated rings. The number of hydrogen-bond donors (Lipinski definition) is 1. The molecule has 1 N–H and O–H groups in total. The maximum Gasteiger partial charge on any atom is 0.226 e. The highest BCUT2D eigenvalue weighted by Crippen LogP contribution is 2.24. The molecule has 96 valence electrons. The molecule has 0 radical (unpaired) electrons. The summed E-state index contributed by atoms with van der Waals surface area (Å²) in [5.41, 5.74) is 0.914. The lowest BCUT2D eigenvalue weighted by molar-refractivity contribution is 0.323. The molecule has 2 aromatic heterocycles. The fraction of sp³-hybridized carbons (Fsp3) is 0.154. The number of rotatable bonds is 4. The zero-order valence-corrected chi connectivity index (χ0v) is 10.3. The highest BCUT2D eigenvalue weighted by Gasteiger charge is 2.04. The van der Waals surface area contributed by atoms with Crippen molar-refractivity contribution in [2.45, 2.75) is 6.92 Å². The van der Waals surface area contributed by atoms with Crippen LogP contribution in [0.2, 0.25) is 0 Å². The van der Waals surface area contributed by atoms with Crippen LogP contribution in [0.15, 0.2) is 36.8 Å². The van der Waals surface area contributed by atoms with Crippen LogP contribution in [0.25, 0.3) is 10.9 Å². The monoisotopic (exact) mass is 256 g/mol. The van der Waals surface area contributed by atoms with Crippen molar-refractivity contribution in [2.75, 3.05) is 6.61 Å². The molecular weight excluding hydrogens is 244 g/mol. The van der Waals surface area contributed by atoms with Gasteiger partial charge in [0.05, 0.1) is 24.4 Å². The van der Waals surface area contributed by atoms with E-state index < -0.39 is 0 Å². The van der Waals surface area contributed by atoms with Crippen molar-refractivity contribution in [1.82, 2.24) is 20.2 Å². The third kappa shape index (κ3) is 2.47. The van der Waals surface area contributed by atoms with E-state index in [2.05, 4.69) is 20.2 Å². The van der Waals surface area contributed by atoms with Crippen LogP contribution >= 0.6 is 0 Å². The largest absolute Gasteiger partial charge is 0.478 e. The standard InChI is InChI=1S/C13H12N4O2/c1-2-18-12-6-13(15-8-14-12)19-10-4-3-9-7-16-17-11(9)5-10/h3-8H,2H2,1H3,(H,16,17). The maximum atomic E-state index is 5.66. The number of H-pyrrole nitrogens is 1. The molecule has 0 unspecified atom stereocenters. The Labute approximate surface area is 109 Å². The SMILES string of the molecule is CCOc1cc(Oc2ccc3cn[nH]c3c2)ncn1. The first-order valence-electron chi connectivity index (χ1n) is 5.91. The van der Waals surface area contributed by atoms with Crippen LogP contribution in [-0.4, -0.2) is 26.8 Å². The minimum Gasteiger partial charge on any atom is -0.478 e. The molecule has 0 amide bonds. The third-order valence-electron chi connectivity index (χ3n) is 2.54. The van der Waals surface area contributed by atoms with Crippen LogP contribution in [0.4, 0.5) is 0 Å². The zero-order chi connectivity index (χ0) is 13.1. The molecule has 0 aliphatic rings. The van der Waals surface area contributed by atoms with Gasteiger partial charge in [-0.3, -0.25) is 5.10 Å². The van der Waals surface area contributed by atoms with E-state index in [1.807, 2.05) is 25.1 Å². The van der Waals surface area contributed by atoms with E-state index >= 15 is 0 Å². The summed E-state index contributed by atoms with van der Waals surface area (Å²) in [6.45, 7) is 2.45. The Morgan fingerprint density at radius 3 is 2.95 bits per heavy atom. The highest BCUT2D eigenvalue weighted by atomic mass is 16.5. The van der Waals surface area contributed by atoms with E-state index in [9.17, 15) is 0 Å².